The number of hydrogen-bond donors (Lipinski definition) is 2. The van der Waals surface area contributed by atoms with Gasteiger partial charge in [0.1, 0.15) is 17.2 Å². The minimum atomic E-state index is -0.348. The first-order valence-corrected chi connectivity index (χ1v) is 8.75. The van der Waals surface area contributed by atoms with Gasteiger partial charge in [0.05, 0.1) is 19.3 Å². The lowest BCUT2D eigenvalue weighted by Gasteiger charge is -2.11. The van der Waals surface area contributed by atoms with Crippen molar-refractivity contribution in [2.75, 3.05) is 20.3 Å². The van der Waals surface area contributed by atoms with Crippen molar-refractivity contribution < 1.29 is 28.9 Å². The molecule has 0 radical (unpaired) electrons. The molecule has 2 aromatic rings. The van der Waals surface area contributed by atoms with Gasteiger partial charge in [-0.25, -0.2) is 0 Å². The molecule has 0 aliphatic carbocycles. The first kappa shape index (κ1) is 19.4. The Morgan fingerprint density at radius 1 is 1.21 bits per heavy atom. The van der Waals surface area contributed by atoms with Crippen molar-refractivity contribution in [3.8, 4) is 17.2 Å². The Bertz CT molecular complexity index is 904. The molecule has 0 aromatic heterocycles. The standard InChI is InChI=1S/C21H21NO6/c1-13(11-23)22-20(24)12-27-16-7-8-17-18(10-16)28-19(21(17)25)9-14-3-5-15(26-2)6-4-14/h3-10,13,23H,11-12H2,1-2H3,(H,22,24). The van der Waals surface area contributed by atoms with E-state index in [0.717, 1.165) is 11.3 Å². The van der Waals surface area contributed by atoms with Crippen molar-refractivity contribution in [2.24, 2.45) is 0 Å². The van der Waals surface area contributed by atoms with E-state index in [0.29, 0.717) is 17.1 Å². The third-order valence-corrected chi connectivity index (χ3v) is 4.11. The summed E-state index contributed by atoms with van der Waals surface area (Å²) < 4.78 is 16.2. The van der Waals surface area contributed by atoms with Crippen LogP contribution in [0.1, 0.15) is 22.8 Å². The third kappa shape index (κ3) is 4.50. The Morgan fingerprint density at radius 3 is 2.61 bits per heavy atom. The number of Topliss-reactive ketones (excluding diaryl/α,β-unsaturated/α-hetero) is 1. The van der Waals surface area contributed by atoms with Crippen molar-refractivity contribution in [3.05, 3.63) is 59.4 Å². The summed E-state index contributed by atoms with van der Waals surface area (Å²) in [5, 5.41) is 11.5. The maximum Gasteiger partial charge on any atom is 0.258 e. The van der Waals surface area contributed by atoms with Gasteiger partial charge in [0.15, 0.2) is 12.4 Å². The lowest BCUT2D eigenvalue weighted by molar-refractivity contribution is -0.124. The normalized spacial score (nSPS) is 15.0. The second-order valence-electron chi connectivity index (χ2n) is 6.31. The topological polar surface area (TPSA) is 94.1 Å². The van der Waals surface area contributed by atoms with Crippen molar-refractivity contribution in [1.82, 2.24) is 5.32 Å². The zero-order valence-corrected chi connectivity index (χ0v) is 15.6. The van der Waals surface area contributed by atoms with Gasteiger partial charge in [0.25, 0.3) is 5.91 Å². The number of aliphatic hydroxyl groups is 1. The molecule has 1 heterocycles. The van der Waals surface area contributed by atoms with Crippen LogP contribution in [0.4, 0.5) is 0 Å². The minimum Gasteiger partial charge on any atom is -0.497 e. The molecule has 0 spiro atoms. The Labute approximate surface area is 162 Å². The minimum absolute atomic E-state index is 0.149. The van der Waals surface area contributed by atoms with Gasteiger partial charge in [-0.3, -0.25) is 9.59 Å². The Kier molecular flexibility index (Phi) is 5.96. The number of nitrogens with one attached hydrogen (secondary N) is 1. The number of benzene rings is 2. The van der Waals surface area contributed by atoms with Crippen LogP contribution in [0.15, 0.2) is 48.2 Å². The fourth-order valence-corrected chi connectivity index (χ4v) is 2.62. The average Bonchev–Trinajstić information content (AvgIpc) is 3.01. The second kappa shape index (κ2) is 8.58. The number of rotatable bonds is 7. The highest BCUT2D eigenvalue weighted by atomic mass is 16.5. The molecule has 1 aliphatic heterocycles. The molecule has 7 heteroatoms. The molecule has 7 nitrogen and oxygen atoms in total. The summed E-state index contributed by atoms with van der Waals surface area (Å²) in [6.45, 7) is 1.33. The predicted octanol–water partition coefficient (Wildman–Crippen LogP) is 2.19. The van der Waals surface area contributed by atoms with E-state index in [1.165, 1.54) is 0 Å². The predicted molar refractivity (Wildman–Crippen MR) is 103 cm³/mol. The molecule has 0 bridgehead atoms. The van der Waals surface area contributed by atoms with Gasteiger partial charge in [-0.15, -0.1) is 0 Å². The molecule has 0 saturated carbocycles. The summed E-state index contributed by atoms with van der Waals surface area (Å²) >= 11 is 0. The van der Waals surface area contributed by atoms with Crippen molar-refractivity contribution in [2.45, 2.75) is 13.0 Å². The van der Waals surface area contributed by atoms with Crippen LogP contribution in [0, 0.1) is 0 Å². The first-order chi connectivity index (χ1) is 13.5. The highest BCUT2D eigenvalue weighted by Gasteiger charge is 2.27. The number of aliphatic hydroxyl groups excluding tert-OH is 1. The quantitative estimate of drug-likeness (QED) is 0.712. The smallest absolute Gasteiger partial charge is 0.258 e. The Morgan fingerprint density at radius 2 is 1.93 bits per heavy atom. The average molecular weight is 383 g/mol. The highest BCUT2D eigenvalue weighted by molar-refractivity contribution is 6.14. The van der Waals surface area contributed by atoms with Crippen LogP contribution in [0.2, 0.25) is 0 Å². The highest BCUT2D eigenvalue weighted by Crippen LogP contribution is 2.35. The number of ketones is 1. The summed E-state index contributed by atoms with van der Waals surface area (Å²) in [7, 11) is 1.59. The monoisotopic (exact) mass is 383 g/mol. The fourth-order valence-electron chi connectivity index (χ4n) is 2.62. The molecular weight excluding hydrogens is 362 g/mol. The molecule has 3 rings (SSSR count). The molecule has 28 heavy (non-hydrogen) atoms. The zero-order chi connectivity index (χ0) is 20.1. The number of methoxy groups -OCH3 is 1. The van der Waals surface area contributed by atoms with Crippen molar-refractivity contribution >= 4 is 17.8 Å². The fraction of sp³-hybridized carbons (Fsp3) is 0.238. The molecule has 2 aromatic carbocycles. The van der Waals surface area contributed by atoms with Crippen molar-refractivity contribution in [1.29, 1.82) is 0 Å². The van der Waals surface area contributed by atoms with Crippen molar-refractivity contribution in [3.63, 3.8) is 0 Å². The van der Waals surface area contributed by atoms with Gasteiger partial charge in [-0.05, 0) is 42.8 Å². The van der Waals surface area contributed by atoms with Gasteiger partial charge in [0.2, 0.25) is 5.78 Å². The van der Waals surface area contributed by atoms with E-state index in [1.54, 1.807) is 50.4 Å². The largest absolute Gasteiger partial charge is 0.497 e. The molecule has 2 N–H and O–H groups in total. The molecule has 146 valence electrons. The second-order valence-corrected chi connectivity index (χ2v) is 6.31. The number of ether oxygens (including phenoxy) is 3. The number of carbonyl (C=O) groups excluding carboxylic acids is 2. The number of carbonyl (C=O) groups is 2. The number of fused-ring (bicyclic) bond motifs is 1. The third-order valence-electron chi connectivity index (χ3n) is 4.11. The van der Waals surface area contributed by atoms with Crippen LogP contribution in [-0.4, -0.2) is 43.2 Å². The van der Waals surface area contributed by atoms with E-state index in [4.69, 9.17) is 19.3 Å². The van der Waals surface area contributed by atoms with Crippen LogP contribution in [0.25, 0.3) is 6.08 Å². The van der Waals surface area contributed by atoms with Gasteiger partial charge in [-0.1, -0.05) is 12.1 Å². The molecule has 0 fully saturated rings. The van der Waals surface area contributed by atoms with Crippen LogP contribution < -0.4 is 19.5 Å². The van der Waals surface area contributed by atoms with Gasteiger partial charge in [0, 0.05) is 12.1 Å². The van der Waals surface area contributed by atoms with E-state index in [2.05, 4.69) is 5.32 Å². The maximum atomic E-state index is 12.5. The van der Waals surface area contributed by atoms with Gasteiger partial charge < -0.3 is 24.6 Å². The van der Waals surface area contributed by atoms with E-state index < -0.39 is 0 Å². The SMILES string of the molecule is COc1ccc(C=C2Oc3cc(OCC(=O)NC(C)CO)ccc3C2=O)cc1. The van der Waals surface area contributed by atoms with Gasteiger partial charge >= 0.3 is 0 Å². The molecule has 1 aliphatic rings. The van der Waals surface area contributed by atoms with Crippen LogP contribution in [0.3, 0.4) is 0 Å². The number of hydrogen-bond acceptors (Lipinski definition) is 6. The van der Waals surface area contributed by atoms with E-state index in [-0.39, 0.29) is 36.7 Å². The van der Waals surface area contributed by atoms with E-state index in [1.807, 2.05) is 12.1 Å². The summed E-state index contributed by atoms with van der Waals surface area (Å²) in [5.74, 6) is 1.16. The molecular formula is C21H21NO6. The van der Waals surface area contributed by atoms with Crippen LogP contribution in [0.5, 0.6) is 17.2 Å². The van der Waals surface area contributed by atoms with E-state index in [9.17, 15) is 9.59 Å². The summed E-state index contributed by atoms with van der Waals surface area (Å²) in [5.41, 5.74) is 1.24. The summed E-state index contributed by atoms with van der Waals surface area (Å²) in [4.78, 5) is 24.2. The summed E-state index contributed by atoms with van der Waals surface area (Å²) in [6.07, 6.45) is 1.66. The van der Waals surface area contributed by atoms with Crippen LogP contribution >= 0.6 is 0 Å². The molecule has 1 atom stereocenters. The zero-order valence-electron chi connectivity index (χ0n) is 15.6. The van der Waals surface area contributed by atoms with E-state index >= 15 is 0 Å². The number of amides is 1. The maximum absolute atomic E-state index is 12.5. The molecule has 1 amide bonds. The number of allylic oxidation sites excluding steroid dienone is 1. The lowest BCUT2D eigenvalue weighted by atomic mass is 10.1. The molecule has 1 unspecified atom stereocenters. The van der Waals surface area contributed by atoms with Gasteiger partial charge in [-0.2, -0.15) is 0 Å². The lowest BCUT2D eigenvalue weighted by Crippen LogP contribution is -2.38. The Hall–Kier alpha value is -3.32. The first-order valence-electron chi connectivity index (χ1n) is 8.75. The summed E-state index contributed by atoms with van der Waals surface area (Å²) in [6, 6.07) is 11.7. The Balaban J connectivity index is 1.68. The molecule has 0 saturated heterocycles. The van der Waals surface area contributed by atoms with Crippen LogP contribution in [-0.2, 0) is 4.79 Å².